The molecule has 0 saturated heterocycles. The molecule has 4 nitrogen and oxygen atoms in total. The second-order valence-electron chi connectivity index (χ2n) is 4.83. The molecular weight excluding hydrogens is 282 g/mol. The average Bonchev–Trinajstić information content (AvgIpc) is 3.16. The molecule has 0 radical (unpaired) electrons. The summed E-state index contributed by atoms with van der Waals surface area (Å²) in [6, 6.07) is 12.2. The Morgan fingerprint density at radius 3 is 3.05 bits per heavy atom. The summed E-state index contributed by atoms with van der Waals surface area (Å²) >= 11 is 1.67. The van der Waals surface area contributed by atoms with Crippen molar-refractivity contribution in [2.45, 2.75) is 12.8 Å². The van der Waals surface area contributed by atoms with Crippen molar-refractivity contribution >= 4 is 22.7 Å². The summed E-state index contributed by atoms with van der Waals surface area (Å²) in [6.45, 7) is 0. The van der Waals surface area contributed by atoms with Gasteiger partial charge in [0.15, 0.2) is 0 Å². The zero-order valence-corrected chi connectivity index (χ0v) is 12.1. The molecule has 4 rings (SSSR count). The first kappa shape index (κ1) is 12.3. The molecule has 0 aliphatic heterocycles. The summed E-state index contributed by atoms with van der Waals surface area (Å²) < 4.78 is 5.19. The first-order valence-corrected chi connectivity index (χ1v) is 7.62. The van der Waals surface area contributed by atoms with Crippen molar-refractivity contribution in [2.75, 3.05) is 5.43 Å². The van der Waals surface area contributed by atoms with Crippen molar-refractivity contribution in [3.05, 3.63) is 58.9 Å². The molecule has 3 aromatic rings. The van der Waals surface area contributed by atoms with Gasteiger partial charge in [0.1, 0.15) is 5.76 Å². The van der Waals surface area contributed by atoms with Gasteiger partial charge in [-0.25, -0.2) is 4.98 Å². The number of hydrogen-bond donors (Lipinski definition) is 1. The maximum absolute atomic E-state index is 5.19. The van der Waals surface area contributed by atoms with E-state index in [1.165, 1.54) is 16.0 Å². The molecule has 1 aliphatic rings. The lowest BCUT2D eigenvalue weighted by Gasteiger charge is -2.13. The van der Waals surface area contributed by atoms with Gasteiger partial charge in [-0.2, -0.15) is 5.10 Å². The van der Waals surface area contributed by atoms with Crippen molar-refractivity contribution in [3.8, 4) is 11.3 Å². The van der Waals surface area contributed by atoms with Gasteiger partial charge >= 0.3 is 0 Å². The monoisotopic (exact) mass is 295 g/mol. The smallest absolute Gasteiger partial charge is 0.204 e. The molecule has 5 heteroatoms. The molecule has 0 fully saturated rings. The molecule has 1 N–H and O–H groups in total. The summed E-state index contributed by atoms with van der Waals surface area (Å²) in [5, 5.41) is 4.98. The molecule has 1 aromatic carbocycles. The van der Waals surface area contributed by atoms with E-state index >= 15 is 0 Å². The standard InChI is InChI=1S/C16H13N3OS/c1-2-6-13-11(4-1)7-8-14-15(13)18-16(21-14)19-17-10-12-5-3-9-20-12/h1-6,9-10H,7-8H2,(H,18,19)/b17-10+. The van der Waals surface area contributed by atoms with Gasteiger partial charge in [0, 0.05) is 10.4 Å². The molecule has 21 heavy (non-hydrogen) atoms. The van der Waals surface area contributed by atoms with Crippen molar-refractivity contribution < 1.29 is 4.42 Å². The van der Waals surface area contributed by atoms with Crippen molar-refractivity contribution in [2.24, 2.45) is 5.10 Å². The van der Waals surface area contributed by atoms with Crippen LogP contribution in [0.25, 0.3) is 11.3 Å². The van der Waals surface area contributed by atoms with E-state index in [4.69, 9.17) is 4.42 Å². The normalized spacial score (nSPS) is 13.1. The zero-order valence-electron chi connectivity index (χ0n) is 11.2. The molecule has 0 saturated carbocycles. The topological polar surface area (TPSA) is 50.4 Å². The van der Waals surface area contributed by atoms with Crippen molar-refractivity contribution in [3.63, 3.8) is 0 Å². The lowest BCUT2D eigenvalue weighted by Crippen LogP contribution is -2.01. The number of fused-ring (bicyclic) bond motifs is 3. The van der Waals surface area contributed by atoms with Gasteiger partial charge in [-0.1, -0.05) is 35.6 Å². The average molecular weight is 295 g/mol. The van der Waals surface area contributed by atoms with Crippen LogP contribution in [0, 0.1) is 0 Å². The Morgan fingerprint density at radius 2 is 2.14 bits per heavy atom. The highest BCUT2D eigenvalue weighted by molar-refractivity contribution is 7.16. The van der Waals surface area contributed by atoms with Gasteiger partial charge in [0.25, 0.3) is 0 Å². The number of nitrogens with zero attached hydrogens (tertiary/aromatic N) is 2. The summed E-state index contributed by atoms with van der Waals surface area (Å²) in [5.74, 6) is 0.717. The lowest BCUT2D eigenvalue weighted by molar-refractivity contribution is 0.560. The number of anilines is 1. The lowest BCUT2D eigenvalue weighted by atomic mass is 9.94. The van der Waals surface area contributed by atoms with E-state index in [1.807, 2.05) is 12.1 Å². The van der Waals surface area contributed by atoms with Gasteiger partial charge < -0.3 is 4.42 Å². The highest BCUT2D eigenvalue weighted by atomic mass is 32.1. The first-order valence-electron chi connectivity index (χ1n) is 6.81. The van der Waals surface area contributed by atoms with E-state index in [2.05, 4.69) is 39.8 Å². The van der Waals surface area contributed by atoms with Gasteiger partial charge in [-0.3, -0.25) is 5.43 Å². The van der Waals surface area contributed by atoms with Crippen LogP contribution in [0.5, 0.6) is 0 Å². The predicted molar refractivity (Wildman–Crippen MR) is 84.9 cm³/mol. The molecule has 2 aromatic heterocycles. The Balaban J connectivity index is 1.59. The maximum Gasteiger partial charge on any atom is 0.204 e. The highest BCUT2D eigenvalue weighted by Crippen LogP contribution is 2.37. The number of aromatic nitrogens is 1. The van der Waals surface area contributed by atoms with E-state index in [0.717, 1.165) is 23.7 Å². The number of thiazole rings is 1. The predicted octanol–water partition coefficient (Wildman–Crippen LogP) is 3.95. The van der Waals surface area contributed by atoms with E-state index < -0.39 is 0 Å². The van der Waals surface area contributed by atoms with Crippen LogP contribution in [-0.2, 0) is 12.8 Å². The SMILES string of the molecule is C(=N\Nc1nc2c(s1)CCc1ccccc1-2)/c1ccco1. The number of furan rings is 1. The molecular formula is C16H13N3OS. The first-order chi connectivity index (χ1) is 10.4. The second kappa shape index (κ2) is 5.18. The largest absolute Gasteiger partial charge is 0.463 e. The minimum atomic E-state index is 0.717. The summed E-state index contributed by atoms with van der Waals surface area (Å²) in [4.78, 5) is 6.00. The zero-order chi connectivity index (χ0) is 14.1. The fourth-order valence-corrected chi connectivity index (χ4v) is 3.44. The molecule has 0 atom stereocenters. The van der Waals surface area contributed by atoms with Crippen LogP contribution in [0.2, 0.25) is 0 Å². The molecule has 2 heterocycles. The van der Waals surface area contributed by atoms with Gasteiger partial charge in [-0.05, 0) is 30.5 Å². The minimum absolute atomic E-state index is 0.717. The van der Waals surface area contributed by atoms with E-state index in [1.54, 1.807) is 23.8 Å². The number of rotatable bonds is 3. The molecule has 1 aliphatic carbocycles. The Labute approximate surface area is 126 Å². The fraction of sp³-hybridized carbons (Fsp3) is 0.125. The van der Waals surface area contributed by atoms with Crippen LogP contribution in [0.15, 0.2) is 52.2 Å². The number of hydrazone groups is 1. The van der Waals surface area contributed by atoms with Crippen molar-refractivity contribution in [1.29, 1.82) is 0 Å². The van der Waals surface area contributed by atoms with Gasteiger partial charge in [0.05, 0.1) is 18.2 Å². The van der Waals surface area contributed by atoms with Crippen LogP contribution in [0.3, 0.4) is 0 Å². The molecule has 0 bridgehead atoms. The number of aryl methyl sites for hydroxylation is 2. The van der Waals surface area contributed by atoms with Crippen molar-refractivity contribution in [1.82, 2.24) is 4.98 Å². The second-order valence-corrected chi connectivity index (χ2v) is 5.92. The Kier molecular flexibility index (Phi) is 3.05. The fourth-order valence-electron chi connectivity index (χ4n) is 2.51. The van der Waals surface area contributed by atoms with Crippen LogP contribution < -0.4 is 5.43 Å². The number of nitrogens with one attached hydrogen (secondary N) is 1. The summed E-state index contributed by atoms with van der Waals surface area (Å²) in [6.07, 6.45) is 5.41. The Morgan fingerprint density at radius 1 is 1.19 bits per heavy atom. The molecule has 104 valence electrons. The number of benzene rings is 1. The van der Waals surface area contributed by atoms with E-state index in [-0.39, 0.29) is 0 Å². The minimum Gasteiger partial charge on any atom is -0.463 e. The third-order valence-electron chi connectivity index (χ3n) is 3.49. The van der Waals surface area contributed by atoms with E-state index in [9.17, 15) is 0 Å². The van der Waals surface area contributed by atoms with Crippen LogP contribution in [-0.4, -0.2) is 11.2 Å². The Bertz CT molecular complexity index is 790. The van der Waals surface area contributed by atoms with Gasteiger partial charge in [0.2, 0.25) is 5.13 Å². The summed E-state index contributed by atoms with van der Waals surface area (Å²) in [5.41, 5.74) is 6.71. The Hall–Kier alpha value is -2.40. The molecule has 0 spiro atoms. The third-order valence-corrected chi connectivity index (χ3v) is 4.51. The van der Waals surface area contributed by atoms with Crippen LogP contribution >= 0.6 is 11.3 Å². The quantitative estimate of drug-likeness (QED) is 0.588. The molecule has 0 amide bonds. The van der Waals surface area contributed by atoms with Crippen LogP contribution in [0.4, 0.5) is 5.13 Å². The highest BCUT2D eigenvalue weighted by Gasteiger charge is 2.20. The van der Waals surface area contributed by atoms with Gasteiger partial charge in [-0.15, -0.1) is 0 Å². The third kappa shape index (κ3) is 2.36. The molecule has 0 unspecified atom stereocenters. The maximum atomic E-state index is 5.19. The van der Waals surface area contributed by atoms with E-state index in [0.29, 0.717) is 5.76 Å². The number of hydrogen-bond acceptors (Lipinski definition) is 5. The van der Waals surface area contributed by atoms with Crippen LogP contribution in [0.1, 0.15) is 16.2 Å². The summed E-state index contributed by atoms with van der Waals surface area (Å²) in [7, 11) is 0.